The Morgan fingerprint density at radius 2 is 1.78 bits per heavy atom. The van der Waals surface area contributed by atoms with Gasteiger partial charge in [-0.25, -0.2) is 8.78 Å². The Morgan fingerprint density at radius 1 is 1.00 bits per heavy atom. The fourth-order valence-electron chi connectivity index (χ4n) is 4.00. The van der Waals surface area contributed by atoms with Crippen molar-refractivity contribution < 1.29 is 13.5 Å². The number of benzene rings is 2. The van der Waals surface area contributed by atoms with E-state index in [0.717, 1.165) is 12.0 Å². The van der Waals surface area contributed by atoms with E-state index in [1.807, 2.05) is 0 Å². The quantitative estimate of drug-likeness (QED) is 0.446. The number of unbranched alkanes of at least 4 members (excludes halogenated alkanes) is 2. The molecule has 27 heavy (non-hydrogen) atoms. The van der Waals surface area contributed by atoms with Crippen molar-refractivity contribution in [2.75, 3.05) is 6.61 Å². The molecule has 0 amide bonds. The van der Waals surface area contributed by atoms with E-state index in [2.05, 4.69) is 13.0 Å². The molecule has 1 radical (unpaired) electrons. The molecule has 0 heterocycles. The zero-order chi connectivity index (χ0) is 19.1. The summed E-state index contributed by atoms with van der Waals surface area (Å²) in [7, 11) is 0. The summed E-state index contributed by atoms with van der Waals surface area (Å²) in [6, 6.07) is 12.0. The second-order valence-corrected chi connectivity index (χ2v) is 7.76. The summed E-state index contributed by atoms with van der Waals surface area (Å²) in [6.45, 7) is 2.94. The lowest BCUT2D eigenvalue weighted by Crippen LogP contribution is -2.20. The number of ether oxygens (including phenoxy) is 1. The molecule has 0 saturated heterocycles. The third-order valence-electron chi connectivity index (χ3n) is 5.67. The van der Waals surface area contributed by atoms with Gasteiger partial charge in [-0.2, -0.15) is 0 Å². The summed E-state index contributed by atoms with van der Waals surface area (Å²) >= 11 is 0. The Bertz CT molecular complexity index is 720. The Hall–Kier alpha value is -1.90. The number of hydrogen-bond donors (Lipinski definition) is 0. The van der Waals surface area contributed by atoms with Gasteiger partial charge in [-0.15, -0.1) is 0 Å². The molecule has 0 N–H and O–H groups in total. The standard InChI is InChI=1S/C24H29F2O/c1-2-3-4-6-18-9-11-19(12-10-18)17-27-22-8-5-7-20(15-22)23-14-13-21(25)16-24(23)26/h5,7,13-16,18-19H,2-4,6,9-12,17H2,1H3/t18-,19-. The van der Waals surface area contributed by atoms with E-state index in [4.69, 9.17) is 4.74 Å². The van der Waals surface area contributed by atoms with Crippen molar-refractivity contribution in [1.82, 2.24) is 0 Å². The first-order valence-corrected chi connectivity index (χ1v) is 10.3. The predicted molar refractivity (Wildman–Crippen MR) is 106 cm³/mol. The fourth-order valence-corrected chi connectivity index (χ4v) is 4.00. The van der Waals surface area contributed by atoms with Gasteiger partial charge in [-0.1, -0.05) is 51.5 Å². The number of halogens is 2. The maximum absolute atomic E-state index is 14.0. The van der Waals surface area contributed by atoms with Gasteiger partial charge in [0.2, 0.25) is 0 Å². The minimum atomic E-state index is -0.569. The zero-order valence-electron chi connectivity index (χ0n) is 16.1. The van der Waals surface area contributed by atoms with Crippen LogP contribution in [0.3, 0.4) is 0 Å². The maximum Gasteiger partial charge on any atom is 0.133 e. The highest BCUT2D eigenvalue weighted by Gasteiger charge is 2.21. The minimum absolute atomic E-state index is 0.378. The largest absolute Gasteiger partial charge is 0.493 e. The lowest BCUT2D eigenvalue weighted by molar-refractivity contribution is 0.177. The molecule has 3 heteroatoms. The van der Waals surface area contributed by atoms with Crippen LogP contribution in [0.2, 0.25) is 0 Å². The predicted octanol–water partition coefficient (Wildman–Crippen LogP) is 7.20. The highest BCUT2D eigenvalue weighted by molar-refractivity contribution is 5.65. The van der Waals surface area contributed by atoms with Gasteiger partial charge in [0.25, 0.3) is 0 Å². The Balaban J connectivity index is 1.51. The summed E-state index contributed by atoms with van der Waals surface area (Å²) in [5.74, 6) is 0.978. The molecule has 0 atom stereocenters. The first-order valence-electron chi connectivity index (χ1n) is 10.3. The van der Waals surface area contributed by atoms with Gasteiger partial charge in [-0.05, 0) is 54.5 Å². The highest BCUT2D eigenvalue weighted by Crippen LogP contribution is 2.33. The highest BCUT2D eigenvalue weighted by atomic mass is 19.1. The Kier molecular flexibility index (Phi) is 7.25. The van der Waals surface area contributed by atoms with Gasteiger partial charge in [0.1, 0.15) is 17.4 Å². The molecule has 0 bridgehead atoms. The summed E-state index contributed by atoms with van der Waals surface area (Å²) in [4.78, 5) is 0. The monoisotopic (exact) mass is 371 g/mol. The second-order valence-electron chi connectivity index (χ2n) is 7.76. The number of hydrogen-bond acceptors (Lipinski definition) is 1. The van der Waals surface area contributed by atoms with E-state index in [0.29, 0.717) is 29.4 Å². The van der Waals surface area contributed by atoms with Crippen LogP contribution >= 0.6 is 0 Å². The average molecular weight is 371 g/mol. The zero-order valence-corrected chi connectivity index (χ0v) is 16.1. The van der Waals surface area contributed by atoms with Crippen LogP contribution in [0.15, 0.2) is 36.4 Å². The van der Waals surface area contributed by atoms with Crippen LogP contribution in [0.5, 0.6) is 5.75 Å². The van der Waals surface area contributed by atoms with Crippen molar-refractivity contribution in [3.63, 3.8) is 0 Å². The van der Waals surface area contributed by atoms with Gasteiger partial charge >= 0.3 is 0 Å². The van der Waals surface area contributed by atoms with Gasteiger partial charge in [0, 0.05) is 17.7 Å². The smallest absolute Gasteiger partial charge is 0.133 e. The van der Waals surface area contributed by atoms with E-state index >= 15 is 0 Å². The van der Waals surface area contributed by atoms with Crippen molar-refractivity contribution in [3.05, 3.63) is 54.1 Å². The lowest BCUT2D eigenvalue weighted by atomic mass is 9.80. The van der Waals surface area contributed by atoms with Crippen molar-refractivity contribution >= 4 is 0 Å². The molecule has 2 aromatic carbocycles. The van der Waals surface area contributed by atoms with Gasteiger partial charge in [-0.3, -0.25) is 0 Å². The summed E-state index contributed by atoms with van der Waals surface area (Å²) in [5, 5.41) is 0. The maximum atomic E-state index is 14.0. The SMILES string of the molecule is CCCCC[C@H]1CC[C@H](COc2[c]ccc(-c3ccc(F)cc3F)c2)CC1. The summed E-state index contributed by atoms with van der Waals surface area (Å²) in [6.07, 6.45) is 10.5. The summed E-state index contributed by atoms with van der Waals surface area (Å²) in [5.41, 5.74) is 1.06. The fraction of sp³-hybridized carbons (Fsp3) is 0.500. The van der Waals surface area contributed by atoms with Crippen molar-refractivity contribution in [2.24, 2.45) is 11.8 Å². The van der Waals surface area contributed by atoms with Crippen LogP contribution in [-0.4, -0.2) is 6.61 Å². The molecule has 1 saturated carbocycles. The van der Waals surface area contributed by atoms with Gasteiger partial charge in [0.15, 0.2) is 0 Å². The van der Waals surface area contributed by atoms with E-state index in [-0.39, 0.29) is 0 Å². The molecule has 1 fully saturated rings. The van der Waals surface area contributed by atoms with Crippen LogP contribution in [0, 0.1) is 29.5 Å². The van der Waals surface area contributed by atoms with Crippen LogP contribution < -0.4 is 4.74 Å². The van der Waals surface area contributed by atoms with Crippen LogP contribution in [0.4, 0.5) is 8.78 Å². The molecule has 2 aromatic rings. The topological polar surface area (TPSA) is 9.23 Å². The van der Waals surface area contributed by atoms with Crippen molar-refractivity contribution in [3.8, 4) is 16.9 Å². The Morgan fingerprint density at radius 3 is 2.52 bits per heavy atom. The normalized spacial score (nSPS) is 19.8. The molecule has 1 aliphatic rings. The third kappa shape index (κ3) is 5.79. The Labute approximate surface area is 161 Å². The molecule has 145 valence electrons. The molecule has 0 unspecified atom stereocenters. The molecule has 1 nitrogen and oxygen atoms in total. The van der Waals surface area contributed by atoms with Crippen molar-refractivity contribution in [1.29, 1.82) is 0 Å². The average Bonchev–Trinajstić information content (AvgIpc) is 2.68. The first-order chi connectivity index (χ1) is 13.2. The lowest BCUT2D eigenvalue weighted by Gasteiger charge is -2.28. The van der Waals surface area contributed by atoms with Gasteiger partial charge < -0.3 is 4.74 Å². The van der Waals surface area contributed by atoms with Crippen molar-refractivity contribution in [2.45, 2.75) is 58.3 Å². The molecule has 0 aromatic heterocycles. The minimum Gasteiger partial charge on any atom is -0.493 e. The molecule has 1 aliphatic carbocycles. The molecular weight excluding hydrogens is 342 g/mol. The molecule has 0 aliphatic heterocycles. The summed E-state index contributed by atoms with van der Waals surface area (Å²) < 4.78 is 33.1. The molecular formula is C24H29F2O. The van der Waals surface area contributed by atoms with E-state index in [1.54, 1.807) is 18.2 Å². The molecule has 3 rings (SSSR count). The van der Waals surface area contributed by atoms with E-state index < -0.39 is 11.6 Å². The second kappa shape index (κ2) is 9.87. The third-order valence-corrected chi connectivity index (χ3v) is 5.67. The number of rotatable bonds is 8. The van der Waals surface area contributed by atoms with Crippen LogP contribution in [0.1, 0.15) is 58.3 Å². The van der Waals surface area contributed by atoms with Gasteiger partial charge in [0.05, 0.1) is 6.61 Å². The van der Waals surface area contributed by atoms with E-state index in [9.17, 15) is 8.78 Å². The molecule has 0 spiro atoms. The van der Waals surface area contributed by atoms with E-state index in [1.165, 1.54) is 63.5 Å². The van der Waals surface area contributed by atoms with Crippen LogP contribution in [0.25, 0.3) is 11.1 Å². The van der Waals surface area contributed by atoms with Crippen LogP contribution in [-0.2, 0) is 0 Å². The first kappa shape index (κ1) is 19.9.